The van der Waals surface area contributed by atoms with Crippen molar-refractivity contribution in [1.82, 2.24) is 14.4 Å². The van der Waals surface area contributed by atoms with Gasteiger partial charge in [0, 0.05) is 31.5 Å². The van der Waals surface area contributed by atoms with Gasteiger partial charge in [-0.1, -0.05) is 13.3 Å². The number of hydrogen-bond donors (Lipinski definition) is 0. The molecule has 0 unspecified atom stereocenters. The van der Waals surface area contributed by atoms with Gasteiger partial charge < -0.3 is 14.4 Å². The average molecular weight is 356 g/mol. The molecule has 1 rings (SSSR count). The summed E-state index contributed by atoms with van der Waals surface area (Å²) >= 11 is 5.93. The molecule has 0 aliphatic heterocycles. The third kappa shape index (κ3) is 5.86. The molecule has 0 saturated carbocycles. The van der Waals surface area contributed by atoms with E-state index >= 15 is 0 Å². The number of halogens is 1. The Kier molecular flexibility index (Phi) is 8.32. The van der Waals surface area contributed by atoms with Gasteiger partial charge in [0.25, 0.3) is 0 Å². The highest BCUT2D eigenvalue weighted by molar-refractivity contribution is 6.30. The Bertz CT molecular complexity index is 540. The van der Waals surface area contributed by atoms with E-state index in [0.717, 1.165) is 18.5 Å². The largest absolute Gasteiger partial charge is 0.353 e. The third-order valence-electron chi connectivity index (χ3n) is 4.09. The van der Waals surface area contributed by atoms with Gasteiger partial charge in [-0.3, -0.25) is 9.59 Å². The molecule has 0 aliphatic rings. The second-order valence-electron chi connectivity index (χ2n) is 6.46. The summed E-state index contributed by atoms with van der Waals surface area (Å²) in [5.74, 6) is -0.238. The van der Waals surface area contributed by atoms with E-state index in [4.69, 9.17) is 11.6 Å². The normalized spacial score (nSPS) is 12.3. The topological polar surface area (TPSA) is 45.6 Å². The molecule has 0 spiro atoms. The van der Waals surface area contributed by atoms with Crippen molar-refractivity contribution in [3.05, 3.63) is 24.0 Å². The lowest BCUT2D eigenvalue weighted by Gasteiger charge is -2.31. The van der Waals surface area contributed by atoms with E-state index in [1.54, 1.807) is 11.8 Å². The van der Waals surface area contributed by atoms with Crippen molar-refractivity contribution in [2.24, 2.45) is 7.05 Å². The van der Waals surface area contributed by atoms with Gasteiger partial charge in [-0.05, 0) is 39.3 Å². The summed E-state index contributed by atoms with van der Waals surface area (Å²) in [6, 6.07) is 3.92. The Morgan fingerprint density at radius 1 is 1.29 bits per heavy atom. The number of amides is 2. The predicted octanol–water partition coefficient (Wildman–Crippen LogP) is 3.02. The fraction of sp³-hybridized carbons (Fsp3) is 0.667. The van der Waals surface area contributed by atoms with Crippen LogP contribution in [0.4, 0.5) is 0 Å². The number of aryl methyl sites for hydroxylation is 1. The summed E-state index contributed by atoms with van der Waals surface area (Å²) in [6.07, 6.45) is 3.93. The van der Waals surface area contributed by atoms with Gasteiger partial charge in [0.1, 0.15) is 11.9 Å². The number of carbonyl (C=O) groups excluding carboxylic acids is 2. The van der Waals surface area contributed by atoms with E-state index in [2.05, 4.69) is 6.92 Å². The molecule has 24 heavy (non-hydrogen) atoms. The quantitative estimate of drug-likeness (QED) is 0.639. The van der Waals surface area contributed by atoms with Crippen LogP contribution in [0.1, 0.15) is 46.2 Å². The smallest absolute Gasteiger partial charge is 0.242 e. The Morgan fingerprint density at radius 3 is 2.42 bits per heavy atom. The molecule has 1 aromatic heterocycles. The summed E-state index contributed by atoms with van der Waals surface area (Å²) in [7, 11) is 1.97. The zero-order valence-electron chi connectivity index (χ0n) is 15.5. The van der Waals surface area contributed by atoms with E-state index in [0.29, 0.717) is 13.1 Å². The molecule has 5 nitrogen and oxygen atoms in total. The number of carbonyl (C=O) groups is 2. The summed E-state index contributed by atoms with van der Waals surface area (Å²) in [5, 5.41) is -0.628. The molecule has 136 valence electrons. The van der Waals surface area contributed by atoms with Crippen molar-refractivity contribution in [2.45, 2.75) is 58.5 Å². The van der Waals surface area contributed by atoms with E-state index in [9.17, 15) is 9.59 Å². The highest BCUT2D eigenvalue weighted by Crippen LogP contribution is 2.11. The maximum absolute atomic E-state index is 12.8. The number of aromatic nitrogens is 1. The molecule has 0 aromatic carbocycles. The number of hydrogen-bond acceptors (Lipinski definition) is 2. The van der Waals surface area contributed by atoms with E-state index < -0.39 is 5.38 Å². The van der Waals surface area contributed by atoms with Gasteiger partial charge in [-0.15, -0.1) is 11.6 Å². The second kappa shape index (κ2) is 9.72. The highest BCUT2D eigenvalue weighted by Gasteiger charge is 2.26. The van der Waals surface area contributed by atoms with Crippen LogP contribution in [0.2, 0.25) is 0 Å². The fourth-order valence-corrected chi connectivity index (χ4v) is 2.61. The van der Waals surface area contributed by atoms with Gasteiger partial charge in [-0.25, -0.2) is 0 Å². The van der Waals surface area contributed by atoms with Gasteiger partial charge >= 0.3 is 0 Å². The van der Waals surface area contributed by atoms with Crippen molar-refractivity contribution in [3.63, 3.8) is 0 Å². The summed E-state index contributed by atoms with van der Waals surface area (Å²) in [6.45, 7) is 8.86. The number of nitrogens with zero attached hydrogens (tertiary/aromatic N) is 3. The zero-order chi connectivity index (χ0) is 18.3. The fourth-order valence-electron chi connectivity index (χ4n) is 2.49. The van der Waals surface area contributed by atoms with Gasteiger partial charge in [0.15, 0.2) is 0 Å². The molecular formula is C18H30ClN3O2. The minimum absolute atomic E-state index is 0.0379. The lowest BCUT2D eigenvalue weighted by molar-refractivity contribution is -0.142. The molecule has 1 atom stereocenters. The first kappa shape index (κ1) is 20.6. The lowest BCUT2D eigenvalue weighted by Crippen LogP contribution is -2.48. The van der Waals surface area contributed by atoms with Gasteiger partial charge in [0.2, 0.25) is 11.8 Å². The Morgan fingerprint density at radius 2 is 1.96 bits per heavy atom. The SMILES string of the molecule is CCCCN(Cc1cccn1C)C(=O)CN(C(=O)[C@H](C)Cl)C(C)C. The van der Waals surface area contributed by atoms with Crippen LogP contribution in [0.5, 0.6) is 0 Å². The molecule has 0 radical (unpaired) electrons. The van der Waals surface area contributed by atoms with Gasteiger partial charge in [-0.2, -0.15) is 0 Å². The van der Waals surface area contributed by atoms with Gasteiger partial charge in [0.05, 0.1) is 6.54 Å². The van der Waals surface area contributed by atoms with Crippen molar-refractivity contribution < 1.29 is 9.59 Å². The summed E-state index contributed by atoms with van der Waals surface area (Å²) < 4.78 is 2.01. The first-order valence-electron chi connectivity index (χ1n) is 8.60. The standard InChI is InChI=1S/C18H30ClN3O2/c1-6-7-11-21(12-16-9-8-10-20(16)5)17(23)13-22(14(2)3)18(24)15(4)19/h8-10,14-15H,6-7,11-13H2,1-5H3/t15-/m0/s1. The maximum atomic E-state index is 12.8. The molecular weight excluding hydrogens is 326 g/mol. The van der Waals surface area contributed by atoms with Crippen LogP contribution in [-0.4, -0.2) is 50.7 Å². The van der Waals surface area contributed by atoms with Crippen LogP contribution in [0, 0.1) is 0 Å². The van der Waals surface area contributed by atoms with Crippen molar-refractivity contribution in [1.29, 1.82) is 0 Å². The first-order valence-corrected chi connectivity index (χ1v) is 9.04. The molecule has 0 bridgehead atoms. The molecule has 0 fully saturated rings. The van der Waals surface area contributed by atoms with Crippen LogP contribution in [0.3, 0.4) is 0 Å². The van der Waals surface area contributed by atoms with E-state index in [1.807, 2.05) is 48.7 Å². The Balaban J connectivity index is 2.85. The molecule has 1 aromatic rings. The minimum atomic E-state index is -0.628. The monoisotopic (exact) mass is 355 g/mol. The maximum Gasteiger partial charge on any atom is 0.242 e. The predicted molar refractivity (Wildman–Crippen MR) is 97.9 cm³/mol. The first-order chi connectivity index (χ1) is 11.3. The second-order valence-corrected chi connectivity index (χ2v) is 7.11. The van der Waals surface area contributed by atoms with E-state index in [-0.39, 0.29) is 24.4 Å². The Hall–Kier alpha value is -1.49. The van der Waals surface area contributed by atoms with Crippen LogP contribution in [0.25, 0.3) is 0 Å². The van der Waals surface area contributed by atoms with Crippen LogP contribution < -0.4 is 0 Å². The highest BCUT2D eigenvalue weighted by atomic mass is 35.5. The zero-order valence-corrected chi connectivity index (χ0v) is 16.2. The van der Waals surface area contributed by atoms with Crippen LogP contribution in [-0.2, 0) is 23.2 Å². The van der Waals surface area contributed by atoms with Crippen molar-refractivity contribution >= 4 is 23.4 Å². The lowest BCUT2D eigenvalue weighted by atomic mass is 10.2. The van der Waals surface area contributed by atoms with Crippen LogP contribution in [0.15, 0.2) is 18.3 Å². The molecule has 0 N–H and O–H groups in total. The third-order valence-corrected chi connectivity index (χ3v) is 4.28. The molecule has 6 heteroatoms. The number of unbranched alkanes of at least 4 members (excludes halogenated alkanes) is 1. The summed E-state index contributed by atoms with van der Waals surface area (Å²) in [4.78, 5) is 28.4. The van der Waals surface area contributed by atoms with Crippen molar-refractivity contribution in [3.8, 4) is 0 Å². The number of alkyl halides is 1. The van der Waals surface area contributed by atoms with Crippen LogP contribution >= 0.6 is 11.6 Å². The minimum Gasteiger partial charge on any atom is -0.353 e. The number of rotatable bonds is 9. The summed E-state index contributed by atoms with van der Waals surface area (Å²) in [5.41, 5.74) is 1.08. The Labute approximate surface area is 150 Å². The average Bonchev–Trinajstić information content (AvgIpc) is 2.92. The molecule has 0 saturated heterocycles. The van der Waals surface area contributed by atoms with E-state index in [1.165, 1.54) is 0 Å². The molecule has 2 amide bonds. The molecule has 1 heterocycles. The van der Waals surface area contributed by atoms with Crippen molar-refractivity contribution in [2.75, 3.05) is 13.1 Å². The molecule has 0 aliphatic carbocycles.